The quantitative estimate of drug-likeness (QED) is 0.0320. The molecule has 0 aliphatic rings. The third kappa shape index (κ3) is 61.6. The number of nitrogens with one attached hydrogen (secondary N) is 1. The Bertz CT molecular complexity index is 1190. The van der Waals surface area contributed by atoms with Crippen molar-refractivity contribution in [3.8, 4) is 0 Å². The van der Waals surface area contributed by atoms with E-state index in [0.29, 0.717) is 25.9 Å². The Morgan fingerprint density at radius 3 is 1.00 bits per heavy atom. The van der Waals surface area contributed by atoms with Gasteiger partial charge in [-0.3, -0.25) is 9.59 Å². The maximum Gasteiger partial charge on any atom is 0.305 e. The van der Waals surface area contributed by atoms with Crippen molar-refractivity contribution in [1.29, 1.82) is 0 Å². The molecule has 1 amide bonds. The van der Waals surface area contributed by atoms with Crippen molar-refractivity contribution in [1.82, 2.24) is 5.32 Å². The van der Waals surface area contributed by atoms with Crippen molar-refractivity contribution in [2.75, 3.05) is 13.2 Å². The molecule has 0 radical (unpaired) electrons. The largest absolute Gasteiger partial charge is 0.465 e. The zero-order chi connectivity index (χ0) is 55.0. The van der Waals surface area contributed by atoms with Gasteiger partial charge in [-0.1, -0.05) is 353 Å². The molecule has 0 saturated heterocycles. The number of carbonyl (C=O) groups excluding carboxylic acids is 2. The molecule has 0 aromatic heterocycles. The van der Waals surface area contributed by atoms with Crippen molar-refractivity contribution in [2.24, 2.45) is 0 Å². The van der Waals surface area contributed by atoms with Crippen LogP contribution >= 0.6 is 0 Å². The maximum atomic E-state index is 12.5. The minimum Gasteiger partial charge on any atom is -0.465 e. The molecule has 3 N–H and O–H groups in total. The van der Waals surface area contributed by atoms with E-state index in [1.165, 1.54) is 302 Å². The lowest BCUT2D eigenvalue weighted by molar-refractivity contribution is -0.143. The van der Waals surface area contributed by atoms with Crippen molar-refractivity contribution in [3.05, 3.63) is 24.3 Å². The number of rotatable bonds is 65. The fourth-order valence-corrected chi connectivity index (χ4v) is 11.0. The highest BCUT2D eigenvalue weighted by atomic mass is 16.5. The standard InChI is InChI=1S/C70H135NO5/c1-3-5-7-9-11-13-15-17-19-21-22-23-25-28-31-34-38-42-46-50-54-58-62-68(73)67(66-72)71-69(74)63-59-55-51-47-43-39-35-32-29-26-24-27-30-33-37-41-45-49-53-57-61-65-76-70(75)64-60-56-52-48-44-40-36-20-18-16-14-12-10-8-6-4-2/h41,45,53,57,67-68,72-73H,3-40,42-44,46-52,54-56,58-66H2,1-2H3,(H,71,74)/b45-41-,57-53-. The summed E-state index contributed by atoms with van der Waals surface area (Å²) in [5.74, 6) is -0.0661. The summed E-state index contributed by atoms with van der Waals surface area (Å²) in [4.78, 5) is 24.6. The molecule has 0 heterocycles. The van der Waals surface area contributed by atoms with E-state index in [1.807, 2.05) is 0 Å². The second-order valence-corrected chi connectivity index (χ2v) is 23.9. The molecule has 6 nitrogen and oxygen atoms in total. The summed E-state index contributed by atoms with van der Waals surface area (Å²) in [5.41, 5.74) is 0. The van der Waals surface area contributed by atoms with Gasteiger partial charge < -0.3 is 20.3 Å². The van der Waals surface area contributed by atoms with Gasteiger partial charge in [0.15, 0.2) is 0 Å². The predicted molar refractivity (Wildman–Crippen MR) is 333 cm³/mol. The summed E-state index contributed by atoms with van der Waals surface area (Å²) in [7, 11) is 0. The average molecular weight is 1070 g/mol. The fraction of sp³-hybridized carbons (Fsp3) is 0.914. The molecule has 2 unspecified atom stereocenters. The average Bonchev–Trinajstić information content (AvgIpc) is 3.42. The highest BCUT2D eigenvalue weighted by Crippen LogP contribution is 2.19. The molecule has 76 heavy (non-hydrogen) atoms. The molecule has 6 heteroatoms. The SMILES string of the molecule is CCCCCCCCCCCCCCCCCCCCCCCCC(O)C(CO)NC(=O)CCCCCCCCCCCCCCCC/C=C\C/C=C\CCOC(=O)CCCCCCCCCCCCCCCCCC. The number of esters is 1. The number of amides is 1. The number of hydrogen-bond donors (Lipinski definition) is 3. The molecule has 0 fully saturated rings. The summed E-state index contributed by atoms with van der Waals surface area (Å²) in [5, 5.41) is 23.4. The van der Waals surface area contributed by atoms with Gasteiger partial charge >= 0.3 is 5.97 Å². The van der Waals surface area contributed by atoms with Crippen molar-refractivity contribution in [2.45, 2.75) is 398 Å². The van der Waals surface area contributed by atoms with Crippen LogP contribution in [0.2, 0.25) is 0 Å². The van der Waals surface area contributed by atoms with Crippen molar-refractivity contribution >= 4 is 11.9 Å². The molecule has 0 bridgehead atoms. The Labute approximate surface area is 475 Å². The molecule has 0 aliphatic heterocycles. The Morgan fingerprint density at radius 1 is 0.368 bits per heavy atom. The molecule has 0 aromatic rings. The molecule has 450 valence electrons. The van der Waals surface area contributed by atoms with E-state index in [4.69, 9.17) is 4.74 Å². The molecule has 0 aromatic carbocycles. The lowest BCUT2D eigenvalue weighted by Gasteiger charge is -2.22. The van der Waals surface area contributed by atoms with Crippen LogP contribution in [-0.4, -0.2) is 47.4 Å². The zero-order valence-corrected chi connectivity index (χ0v) is 51.5. The van der Waals surface area contributed by atoms with Crippen LogP contribution in [0.15, 0.2) is 24.3 Å². The summed E-state index contributed by atoms with van der Waals surface area (Å²) in [6, 6.07) is -0.546. The van der Waals surface area contributed by atoms with Crippen LogP contribution in [0.4, 0.5) is 0 Å². The highest BCUT2D eigenvalue weighted by Gasteiger charge is 2.20. The van der Waals surface area contributed by atoms with Crippen LogP contribution in [0.3, 0.4) is 0 Å². The van der Waals surface area contributed by atoms with Crippen LogP contribution in [-0.2, 0) is 14.3 Å². The molecule has 0 spiro atoms. The monoisotopic (exact) mass is 1070 g/mol. The summed E-state index contributed by atoms with van der Waals surface area (Å²) in [6.07, 6.45) is 82.3. The smallest absolute Gasteiger partial charge is 0.305 e. The van der Waals surface area contributed by atoms with Crippen LogP contribution in [0.1, 0.15) is 386 Å². The normalized spacial score (nSPS) is 12.6. The van der Waals surface area contributed by atoms with E-state index in [1.54, 1.807) is 0 Å². The Balaban J connectivity index is 3.43. The summed E-state index contributed by atoms with van der Waals surface area (Å²) >= 11 is 0. The highest BCUT2D eigenvalue weighted by molar-refractivity contribution is 5.76. The molecular formula is C70H135NO5. The number of hydrogen-bond acceptors (Lipinski definition) is 5. The molecule has 0 aliphatic carbocycles. The number of allylic oxidation sites excluding steroid dienone is 3. The number of unbranched alkanes of at least 4 members (excludes halogenated alkanes) is 50. The number of ether oxygens (including phenoxy) is 1. The van der Waals surface area contributed by atoms with Gasteiger partial charge in [0, 0.05) is 12.8 Å². The molecule has 0 saturated carbocycles. The molecule has 2 atom stereocenters. The second kappa shape index (κ2) is 65.9. The third-order valence-electron chi connectivity index (χ3n) is 16.3. The van der Waals surface area contributed by atoms with Crippen LogP contribution in [0.25, 0.3) is 0 Å². The number of aliphatic hydroxyl groups excluding tert-OH is 2. The van der Waals surface area contributed by atoms with Gasteiger partial charge in [-0.2, -0.15) is 0 Å². The lowest BCUT2D eigenvalue weighted by Crippen LogP contribution is -2.45. The first-order chi connectivity index (χ1) is 37.5. The van der Waals surface area contributed by atoms with Gasteiger partial charge in [0.2, 0.25) is 5.91 Å². The van der Waals surface area contributed by atoms with Gasteiger partial charge in [-0.25, -0.2) is 0 Å². The van der Waals surface area contributed by atoms with Gasteiger partial charge in [0.05, 0.1) is 25.4 Å². The molecule has 0 rings (SSSR count). The topological polar surface area (TPSA) is 95.9 Å². The first-order valence-electron chi connectivity index (χ1n) is 34.6. The third-order valence-corrected chi connectivity index (χ3v) is 16.3. The Hall–Kier alpha value is -1.66. The zero-order valence-electron chi connectivity index (χ0n) is 51.5. The summed E-state index contributed by atoms with van der Waals surface area (Å²) < 4.78 is 5.43. The van der Waals surface area contributed by atoms with E-state index in [9.17, 15) is 19.8 Å². The Kier molecular flexibility index (Phi) is 64.4. The fourth-order valence-electron chi connectivity index (χ4n) is 11.0. The van der Waals surface area contributed by atoms with E-state index < -0.39 is 12.1 Å². The number of aliphatic hydroxyl groups is 2. The Morgan fingerprint density at radius 2 is 0.658 bits per heavy atom. The number of carbonyl (C=O) groups is 2. The van der Waals surface area contributed by atoms with Gasteiger partial charge in [-0.05, 0) is 44.9 Å². The van der Waals surface area contributed by atoms with E-state index in [0.717, 1.165) is 51.4 Å². The predicted octanol–water partition coefficient (Wildman–Crippen LogP) is 22.1. The minimum absolute atomic E-state index is 0.0307. The van der Waals surface area contributed by atoms with Crippen LogP contribution in [0, 0.1) is 0 Å². The van der Waals surface area contributed by atoms with Crippen molar-refractivity contribution in [3.63, 3.8) is 0 Å². The van der Waals surface area contributed by atoms with E-state index in [2.05, 4.69) is 43.5 Å². The lowest BCUT2D eigenvalue weighted by atomic mass is 10.0. The van der Waals surface area contributed by atoms with E-state index >= 15 is 0 Å². The maximum absolute atomic E-state index is 12.5. The van der Waals surface area contributed by atoms with Crippen molar-refractivity contribution < 1.29 is 24.5 Å². The van der Waals surface area contributed by atoms with Gasteiger partial charge in [0.1, 0.15) is 0 Å². The minimum atomic E-state index is -0.669. The summed E-state index contributed by atoms with van der Waals surface area (Å²) in [6.45, 7) is 4.89. The first-order valence-corrected chi connectivity index (χ1v) is 34.6. The second-order valence-electron chi connectivity index (χ2n) is 23.9. The van der Waals surface area contributed by atoms with Crippen LogP contribution < -0.4 is 5.32 Å². The van der Waals surface area contributed by atoms with Crippen LogP contribution in [0.5, 0.6) is 0 Å². The van der Waals surface area contributed by atoms with Gasteiger partial charge in [-0.15, -0.1) is 0 Å². The van der Waals surface area contributed by atoms with E-state index in [-0.39, 0.29) is 18.5 Å². The molecular weight excluding hydrogens is 935 g/mol. The first kappa shape index (κ1) is 74.3. The van der Waals surface area contributed by atoms with Gasteiger partial charge in [0.25, 0.3) is 0 Å².